The van der Waals surface area contributed by atoms with Crippen LogP contribution in [0.15, 0.2) is 96.0 Å². The molecule has 36 heavy (non-hydrogen) atoms. The molecule has 6 heteroatoms. The van der Waals surface area contributed by atoms with Crippen LogP contribution in [0.1, 0.15) is 30.5 Å². The maximum absolute atomic E-state index is 6.54. The van der Waals surface area contributed by atoms with Gasteiger partial charge in [-0.1, -0.05) is 91.0 Å². The van der Waals surface area contributed by atoms with Crippen LogP contribution in [-0.2, 0) is 43.4 Å². The minimum Gasteiger partial charge on any atom is -0.371 e. The van der Waals surface area contributed by atoms with Gasteiger partial charge < -0.3 is 23.7 Å². The SMILES string of the molecule is CC1(C)OC2C(OCc3ccccc3)[C@H](C=NCc3ccccc3)O[C@@]2(COCc2ccccc2)O1. The molecule has 4 atom stereocenters. The lowest BCUT2D eigenvalue weighted by Gasteiger charge is -2.28. The summed E-state index contributed by atoms with van der Waals surface area (Å²) in [6.45, 7) is 5.43. The maximum Gasteiger partial charge on any atom is 0.225 e. The minimum atomic E-state index is -1.09. The second-order valence-electron chi connectivity index (χ2n) is 9.65. The predicted molar refractivity (Wildman–Crippen MR) is 137 cm³/mol. The molecular formula is C30H33NO5. The van der Waals surface area contributed by atoms with Gasteiger partial charge in [0, 0.05) is 6.21 Å². The molecule has 3 aromatic rings. The summed E-state index contributed by atoms with van der Waals surface area (Å²) in [5.74, 6) is -1.93. The molecule has 0 amide bonds. The van der Waals surface area contributed by atoms with Crippen molar-refractivity contribution >= 4 is 6.21 Å². The van der Waals surface area contributed by atoms with Crippen molar-refractivity contribution in [3.63, 3.8) is 0 Å². The van der Waals surface area contributed by atoms with Gasteiger partial charge in [0.25, 0.3) is 0 Å². The predicted octanol–water partition coefficient (Wildman–Crippen LogP) is 5.31. The summed E-state index contributed by atoms with van der Waals surface area (Å²) < 4.78 is 31.8. The van der Waals surface area contributed by atoms with Gasteiger partial charge in [-0.2, -0.15) is 0 Å². The Balaban J connectivity index is 1.34. The Bertz CT molecular complexity index is 1120. The monoisotopic (exact) mass is 487 g/mol. The van der Waals surface area contributed by atoms with E-state index < -0.39 is 29.9 Å². The number of rotatable bonds is 10. The molecule has 0 radical (unpaired) electrons. The van der Waals surface area contributed by atoms with Crippen LogP contribution in [0.25, 0.3) is 0 Å². The normalized spacial score (nSPS) is 26.9. The zero-order valence-corrected chi connectivity index (χ0v) is 20.8. The van der Waals surface area contributed by atoms with Gasteiger partial charge in [-0.15, -0.1) is 0 Å². The summed E-state index contributed by atoms with van der Waals surface area (Å²) in [6, 6.07) is 30.3. The van der Waals surface area contributed by atoms with E-state index in [4.69, 9.17) is 23.7 Å². The van der Waals surface area contributed by atoms with E-state index in [1.807, 2.05) is 98.9 Å². The second-order valence-corrected chi connectivity index (χ2v) is 9.65. The van der Waals surface area contributed by atoms with Gasteiger partial charge in [0.2, 0.25) is 5.79 Å². The molecule has 2 unspecified atom stereocenters. The summed E-state index contributed by atoms with van der Waals surface area (Å²) in [5.41, 5.74) is 3.29. The third kappa shape index (κ3) is 5.91. The molecule has 188 valence electrons. The summed E-state index contributed by atoms with van der Waals surface area (Å²) >= 11 is 0. The van der Waals surface area contributed by atoms with Gasteiger partial charge >= 0.3 is 0 Å². The quantitative estimate of drug-likeness (QED) is 0.363. The van der Waals surface area contributed by atoms with E-state index in [0.29, 0.717) is 19.8 Å². The van der Waals surface area contributed by atoms with E-state index in [-0.39, 0.29) is 6.61 Å². The molecule has 0 aromatic heterocycles. The van der Waals surface area contributed by atoms with E-state index >= 15 is 0 Å². The number of benzene rings is 3. The van der Waals surface area contributed by atoms with Crippen LogP contribution in [0.3, 0.4) is 0 Å². The van der Waals surface area contributed by atoms with Crippen molar-refractivity contribution < 1.29 is 23.7 Å². The molecular weight excluding hydrogens is 454 g/mol. The Labute approximate surface area is 212 Å². The van der Waals surface area contributed by atoms with Gasteiger partial charge in [-0.3, -0.25) is 4.99 Å². The molecule has 2 aliphatic rings. The summed E-state index contributed by atoms with van der Waals surface area (Å²) in [7, 11) is 0. The van der Waals surface area contributed by atoms with E-state index in [1.54, 1.807) is 0 Å². The number of fused-ring (bicyclic) bond motifs is 1. The first-order chi connectivity index (χ1) is 17.5. The first kappa shape index (κ1) is 24.8. The molecule has 2 heterocycles. The lowest BCUT2D eigenvalue weighted by atomic mass is 10.1. The van der Waals surface area contributed by atoms with Crippen molar-refractivity contribution in [2.24, 2.45) is 4.99 Å². The Morgan fingerprint density at radius 3 is 2.00 bits per heavy atom. The van der Waals surface area contributed by atoms with Crippen LogP contribution in [0.4, 0.5) is 0 Å². The molecule has 0 bridgehead atoms. The first-order valence-corrected chi connectivity index (χ1v) is 12.4. The summed E-state index contributed by atoms with van der Waals surface area (Å²) in [6.07, 6.45) is 0.491. The average molecular weight is 488 g/mol. The summed E-state index contributed by atoms with van der Waals surface area (Å²) in [5, 5.41) is 0. The van der Waals surface area contributed by atoms with E-state index in [2.05, 4.69) is 17.1 Å². The fourth-order valence-corrected chi connectivity index (χ4v) is 4.71. The Morgan fingerprint density at radius 1 is 0.778 bits per heavy atom. The van der Waals surface area contributed by atoms with Crippen molar-refractivity contribution in [2.45, 2.75) is 63.5 Å². The average Bonchev–Trinajstić information content (AvgIpc) is 3.30. The number of ether oxygens (including phenoxy) is 5. The number of hydrogen-bond acceptors (Lipinski definition) is 6. The molecule has 0 aliphatic carbocycles. The van der Waals surface area contributed by atoms with Crippen molar-refractivity contribution in [2.75, 3.05) is 6.61 Å². The van der Waals surface area contributed by atoms with Crippen LogP contribution >= 0.6 is 0 Å². The largest absolute Gasteiger partial charge is 0.371 e. The smallest absolute Gasteiger partial charge is 0.225 e. The van der Waals surface area contributed by atoms with Crippen LogP contribution in [0.5, 0.6) is 0 Å². The third-order valence-electron chi connectivity index (χ3n) is 6.29. The highest BCUT2D eigenvalue weighted by Gasteiger charge is 2.65. The molecule has 0 saturated carbocycles. The molecule has 0 spiro atoms. The minimum absolute atomic E-state index is 0.213. The van der Waals surface area contributed by atoms with Crippen molar-refractivity contribution in [1.29, 1.82) is 0 Å². The second kappa shape index (κ2) is 11.0. The Hall–Kier alpha value is -2.87. The summed E-state index contributed by atoms with van der Waals surface area (Å²) in [4.78, 5) is 4.67. The Kier molecular flexibility index (Phi) is 7.60. The van der Waals surface area contributed by atoms with E-state index in [1.165, 1.54) is 0 Å². The van der Waals surface area contributed by atoms with Crippen molar-refractivity contribution in [3.8, 4) is 0 Å². The molecule has 3 aromatic carbocycles. The standard InChI is InChI=1S/C30H33NO5/c1-29(2)35-28-27(33-21-25-16-10-5-11-17-25)26(19-31-18-23-12-6-3-7-13-23)34-30(28,36-29)22-32-20-24-14-8-4-9-15-24/h3-17,19,26-28H,18,20-22H2,1-2H3/t26-,27?,28?,30-/m0/s1. The van der Waals surface area contributed by atoms with Crippen LogP contribution in [0, 0.1) is 0 Å². The highest BCUT2D eigenvalue weighted by atomic mass is 16.9. The maximum atomic E-state index is 6.54. The van der Waals surface area contributed by atoms with Crippen molar-refractivity contribution in [3.05, 3.63) is 108 Å². The fraction of sp³-hybridized carbons (Fsp3) is 0.367. The molecule has 2 aliphatic heterocycles. The van der Waals surface area contributed by atoms with Gasteiger partial charge in [-0.05, 0) is 30.5 Å². The highest BCUT2D eigenvalue weighted by Crippen LogP contribution is 2.46. The number of nitrogens with zero attached hydrogens (tertiary/aromatic N) is 1. The van der Waals surface area contributed by atoms with Gasteiger partial charge in [0.05, 0.1) is 19.8 Å². The molecule has 0 N–H and O–H groups in total. The van der Waals surface area contributed by atoms with E-state index in [9.17, 15) is 0 Å². The fourth-order valence-electron chi connectivity index (χ4n) is 4.71. The molecule has 2 saturated heterocycles. The van der Waals surface area contributed by atoms with Crippen LogP contribution < -0.4 is 0 Å². The number of hydrogen-bond donors (Lipinski definition) is 0. The lowest BCUT2D eigenvalue weighted by molar-refractivity contribution is -0.272. The highest BCUT2D eigenvalue weighted by molar-refractivity contribution is 5.65. The van der Waals surface area contributed by atoms with Gasteiger partial charge in [-0.25, -0.2) is 0 Å². The van der Waals surface area contributed by atoms with E-state index in [0.717, 1.165) is 16.7 Å². The zero-order chi connectivity index (χ0) is 24.8. The topological polar surface area (TPSA) is 58.5 Å². The van der Waals surface area contributed by atoms with Crippen LogP contribution in [-0.4, -0.2) is 42.7 Å². The molecule has 6 nitrogen and oxygen atoms in total. The first-order valence-electron chi connectivity index (χ1n) is 12.4. The Morgan fingerprint density at radius 2 is 1.36 bits per heavy atom. The number of aliphatic imine (C=N–C) groups is 1. The third-order valence-corrected chi connectivity index (χ3v) is 6.29. The molecule has 2 fully saturated rings. The van der Waals surface area contributed by atoms with Crippen molar-refractivity contribution in [1.82, 2.24) is 0 Å². The lowest BCUT2D eigenvalue weighted by Crippen LogP contribution is -2.45. The molecule has 5 rings (SSSR count). The van der Waals surface area contributed by atoms with Crippen LogP contribution in [0.2, 0.25) is 0 Å². The van der Waals surface area contributed by atoms with Gasteiger partial charge in [0.1, 0.15) is 24.9 Å². The van der Waals surface area contributed by atoms with Gasteiger partial charge in [0.15, 0.2) is 5.79 Å². The zero-order valence-electron chi connectivity index (χ0n) is 20.8.